The van der Waals surface area contributed by atoms with E-state index in [9.17, 15) is 14.7 Å². The largest absolute Gasteiger partial charge is 0.480 e. The van der Waals surface area contributed by atoms with Gasteiger partial charge in [-0.3, -0.25) is 9.59 Å². The number of thioether (sulfide) groups is 1. The highest BCUT2D eigenvalue weighted by molar-refractivity contribution is 8.02. The minimum atomic E-state index is -1.53. The summed E-state index contributed by atoms with van der Waals surface area (Å²) in [6.45, 7) is 0. The van der Waals surface area contributed by atoms with E-state index in [4.69, 9.17) is 0 Å². The topological polar surface area (TPSA) is 66.4 Å². The van der Waals surface area contributed by atoms with E-state index in [1.807, 2.05) is 48.5 Å². The Balaban J connectivity index is 2.02. The molecular weight excluding hydrogens is 286 g/mol. The van der Waals surface area contributed by atoms with Crippen LogP contribution >= 0.6 is 11.8 Å². The lowest BCUT2D eigenvalue weighted by Crippen LogP contribution is -2.50. The predicted molar refractivity (Wildman–Crippen MR) is 81.4 cm³/mol. The number of aliphatic carboxylic acids is 1. The summed E-state index contributed by atoms with van der Waals surface area (Å²) in [6, 6.07) is 16.4. The number of nitrogens with one attached hydrogen (secondary N) is 1. The molecular formula is C16H13NO3S. The molecule has 1 atom stereocenters. The van der Waals surface area contributed by atoms with E-state index in [1.54, 1.807) is 6.07 Å². The van der Waals surface area contributed by atoms with Crippen molar-refractivity contribution in [3.8, 4) is 0 Å². The smallest absolute Gasteiger partial charge is 0.330 e. The van der Waals surface area contributed by atoms with Crippen molar-refractivity contribution in [2.45, 2.75) is 16.1 Å². The Bertz CT molecular complexity index is 702. The maximum absolute atomic E-state index is 12.4. The van der Waals surface area contributed by atoms with Crippen LogP contribution in [0.1, 0.15) is 5.56 Å². The van der Waals surface area contributed by atoms with E-state index in [0.29, 0.717) is 5.69 Å². The number of hydrogen-bond acceptors (Lipinski definition) is 3. The third kappa shape index (κ3) is 2.40. The van der Waals surface area contributed by atoms with E-state index < -0.39 is 16.6 Å². The number of para-hydroxylation sites is 1. The van der Waals surface area contributed by atoms with Gasteiger partial charge in [0.05, 0.1) is 5.69 Å². The molecule has 0 bridgehead atoms. The molecule has 0 spiro atoms. The molecule has 4 nitrogen and oxygen atoms in total. The summed E-state index contributed by atoms with van der Waals surface area (Å²) in [6.07, 6.45) is 0.147. The van der Waals surface area contributed by atoms with Crippen LogP contribution < -0.4 is 5.32 Å². The molecule has 0 saturated carbocycles. The van der Waals surface area contributed by atoms with E-state index >= 15 is 0 Å². The van der Waals surface area contributed by atoms with E-state index in [0.717, 1.165) is 22.2 Å². The first-order valence-corrected chi connectivity index (χ1v) is 7.30. The second-order valence-electron chi connectivity index (χ2n) is 4.85. The summed E-state index contributed by atoms with van der Waals surface area (Å²) in [7, 11) is 0. The molecule has 21 heavy (non-hydrogen) atoms. The summed E-state index contributed by atoms with van der Waals surface area (Å²) in [5.74, 6) is -1.61. The van der Waals surface area contributed by atoms with Gasteiger partial charge in [0.2, 0.25) is 0 Å². The molecule has 1 aliphatic rings. The minimum Gasteiger partial charge on any atom is -0.480 e. The average molecular weight is 299 g/mol. The van der Waals surface area contributed by atoms with Crippen molar-refractivity contribution in [2.24, 2.45) is 0 Å². The molecule has 1 amide bonds. The lowest BCUT2D eigenvalue weighted by Gasteiger charge is -2.32. The Kier molecular flexibility index (Phi) is 3.43. The fourth-order valence-electron chi connectivity index (χ4n) is 2.33. The van der Waals surface area contributed by atoms with Gasteiger partial charge in [0.25, 0.3) is 5.91 Å². The van der Waals surface area contributed by atoms with Crippen molar-refractivity contribution in [1.29, 1.82) is 0 Å². The lowest BCUT2D eigenvalue weighted by atomic mass is 9.97. The SMILES string of the molecule is O=C(O)C1(Cc2ccccc2)Sc2ccccc2NC1=O. The molecule has 2 aromatic rings. The number of carboxylic acids is 1. The number of amides is 1. The molecule has 5 heteroatoms. The maximum Gasteiger partial charge on any atom is 0.330 e. The molecule has 0 fully saturated rings. The summed E-state index contributed by atoms with van der Waals surface area (Å²) in [4.78, 5) is 25.0. The molecule has 106 valence electrons. The number of hydrogen-bond donors (Lipinski definition) is 2. The number of rotatable bonds is 3. The van der Waals surface area contributed by atoms with Crippen LogP contribution in [0.15, 0.2) is 59.5 Å². The summed E-state index contributed by atoms with van der Waals surface area (Å²) >= 11 is 1.10. The van der Waals surface area contributed by atoms with Crippen molar-refractivity contribution in [2.75, 3.05) is 5.32 Å². The third-order valence-electron chi connectivity index (χ3n) is 3.43. The van der Waals surface area contributed by atoms with Gasteiger partial charge in [0.1, 0.15) is 0 Å². The van der Waals surface area contributed by atoms with Crippen molar-refractivity contribution in [3.05, 3.63) is 60.2 Å². The summed E-state index contributed by atoms with van der Waals surface area (Å²) < 4.78 is -1.53. The lowest BCUT2D eigenvalue weighted by molar-refractivity contribution is -0.143. The zero-order chi connectivity index (χ0) is 14.9. The molecule has 2 N–H and O–H groups in total. The zero-order valence-electron chi connectivity index (χ0n) is 11.1. The highest BCUT2D eigenvalue weighted by Gasteiger charge is 2.50. The highest BCUT2D eigenvalue weighted by Crippen LogP contribution is 2.44. The maximum atomic E-state index is 12.4. The van der Waals surface area contributed by atoms with Crippen LogP contribution in [0, 0.1) is 0 Å². The van der Waals surface area contributed by atoms with Crippen molar-refractivity contribution in [3.63, 3.8) is 0 Å². The molecule has 0 aliphatic carbocycles. The van der Waals surface area contributed by atoms with Gasteiger partial charge in [-0.05, 0) is 17.7 Å². The van der Waals surface area contributed by atoms with Gasteiger partial charge < -0.3 is 10.4 Å². The quantitative estimate of drug-likeness (QED) is 0.855. The van der Waals surface area contributed by atoms with Gasteiger partial charge in [0, 0.05) is 11.3 Å². The fourth-order valence-corrected chi connectivity index (χ4v) is 3.55. The van der Waals surface area contributed by atoms with Gasteiger partial charge in [-0.25, -0.2) is 0 Å². The van der Waals surface area contributed by atoms with Crippen molar-refractivity contribution < 1.29 is 14.7 Å². The summed E-state index contributed by atoms with van der Waals surface area (Å²) in [5.41, 5.74) is 1.49. The van der Waals surface area contributed by atoms with Gasteiger partial charge in [0.15, 0.2) is 4.75 Å². The number of carbonyl (C=O) groups is 2. The zero-order valence-corrected chi connectivity index (χ0v) is 11.9. The van der Waals surface area contributed by atoms with Crippen LogP contribution in [0.3, 0.4) is 0 Å². The van der Waals surface area contributed by atoms with E-state index in [2.05, 4.69) is 5.32 Å². The monoisotopic (exact) mass is 299 g/mol. The minimum absolute atomic E-state index is 0.147. The van der Waals surface area contributed by atoms with Gasteiger partial charge in [-0.2, -0.15) is 0 Å². The van der Waals surface area contributed by atoms with E-state index in [1.165, 1.54) is 0 Å². The summed E-state index contributed by atoms with van der Waals surface area (Å²) in [5, 5.41) is 12.4. The Morgan fingerprint density at radius 2 is 1.76 bits per heavy atom. The number of anilines is 1. The fraction of sp³-hybridized carbons (Fsp3) is 0.125. The average Bonchev–Trinajstić information content (AvgIpc) is 2.49. The van der Waals surface area contributed by atoms with Crippen LogP contribution in [-0.4, -0.2) is 21.7 Å². The van der Waals surface area contributed by atoms with Gasteiger partial charge in [-0.15, -0.1) is 0 Å². The van der Waals surface area contributed by atoms with Crippen LogP contribution in [-0.2, 0) is 16.0 Å². The molecule has 0 saturated heterocycles. The Labute approximate surface area is 126 Å². The van der Waals surface area contributed by atoms with Crippen LogP contribution in [0.25, 0.3) is 0 Å². The third-order valence-corrected chi connectivity index (χ3v) is 4.86. The molecule has 1 heterocycles. The van der Waals surface area contributed by atoms with Crippen LogP contribution in [0.5, 0.6) is 0 Å². The first-order valence-electron chi connectivity index (χ1n) is 6.49. The number of carbonyl (C=O) groups excluding carboxylic acids is 1. The molecule has 1 aliphatic heterocycles. The Morgan fingerprint density at radius 3 is 2.48 bits per heavy atom. The normalized spacial score (nSPS) is 20.5. The number of carboxylic acid groups (broad SMARTS) is 1. The first kappa shape index (κ1) is 13.7. The molecule has 1 unspecified atom stereocenters. The molecule has 0 radical (unpaired) electrons. The highest BCUT2D eigenvalue weighted by atomic mass is 32.2. The predicted octanol–water partition coefficient (Wildman–Crippen LogP) is 2.80. The Morgan fingerprint density at radius 1 is 1.10 bits per heavy atom. The number of fused-ring (bicyclic) bond motifs is 1. The second-order valence-corrected chi connectivity index (χ2v) is 6.19. The second kappa shape index (κ2) is 5.26. The van der Waals surface area contributed by atoms with Gasteiger partial charge >= 0.3 is 5.97 Å². The van der Waals surface area contributed by atoms with Crippen molar-refractivity contribution in [1.82, 2.24) is 0 Å². The van der Waals surface area contributed by atoms with Crippen LogP contribution in [0.2, 0.25) is 0 Å². The van der Waals surface area contributed by atoms with E-state index in [-0.39, 0.29) is 6.42 Å². The van der Waals surface area contributed by atoms with Crippen LogP contribution in [0.4, 0.5) is 5.69 Å². The van der Waals surface area contributed by atoms with Crippen molar-refractivity contribution >= 4 is 29.3 Å². The standard InChI is InChI=1S/C16H13NO3S/c18-14-16(15(19)20,10-11-6-2-1-3-7-11)21-13-9-5-4-8-12(13)17-14/h1-9H,10H2,(H,17,18)(H,19,20). The molecule has 3 rings (SSSR count). The Hall–Kier alpha value is -2.27. The molecule has 2 aromatic carbocycles. The first-order chi connectivity index (χ1) is 10.1. The van der Waals surface area contributed by atoms with Gasteiger partial charge in [-0.1, -0.05) is 54.2 Å². The molecule has 0 aromatic heterocycles. The number of benzene rings is 2.